The number of hydrogen-bond donors (Lipinski definition) is 1. The SMILES string of the molecule is CNC1CC2CCCC(C1)N2C1(C)CCCCC1. The first kappa shape index (κ1) is 12.9. The van der Waals surface area contributed by atoms with E-state index in [2.05, 4.69) is 24.2 Å². The summed E-state index contributed by atoms with van der Waals surface area (Å²) in [5, 5.41) is 3.54. The summed E-state index contributed by atoms with van der Waals surface area (Å²) in [7, 11) is 2.15. The Balaban J connectivity index is 1.78. The van der Waals surface area contributed by atoms with E-state index in [4.69, 9.17) is 0 Å². The fourth-order valence-electron chi connectivity index (χ4n) is 5.07. The van der Waals surface area contributed by atoms with Gasteiger partial charge < -0.3 is 5.32 Å². The Morgan fingerprint density at radius 2 is 1.56 bits per heavy atom. The minimum atomic E-state index is 0.534. The maximum atomic E-state index is 3.54. The van der Waals surface area contributed by atoms with E-state index < -0.39 is 0 Å². The van der Waals surface area contributed by atoms with E-state index in [0.29, 0.717) is 5.54 Å². The molecule has 18 heavy (non-hydrogen) atoms. The number of rotatable bonds is 2. The Morgan fingerprint density at radius 3 is 2.11 bits per heavy atom. The monoisotopic (exact) mass is 250 g/mol. The van der Waals surface area contributed by atoms with Crippen LogP contribution < -0.4 is 5.32 Å². The lowest BCUT2D eigenvalue weighted by atomic mass is 9.73. The molecule has 0 aromatic carbocycles. The zero-order valence-corrected chi connectivity index (χ0v) is 12.3. The van der Waals surface area contributed by atoms with Crippen LogP contribution in [-0.2, 0) is 0 Å². The van der Waals surface area contributed by atoms with Gasteiger partial charge in [0.15, 0.2) is 0 Å². The highest BCUT2D eigenvalue weighted by Crippen LogP contribution is 2.44. The minimum absolute atomic E-state index is 0.534. The van der Waals surface area contributed by atoms with Crippen molar-refractivity contribution in [2.24, 2.45) is 0 Å². The van der Waals surface area contributed by atoms with E-state index in [0.717, 1.165) is 18.1 Å². The highest BCUT2D eigenvalue weighted by molar-refractivity contribution is 5.02. The van der Waals surface area contributed by atoms with Crippen LogP contribution in [0, 0.1) is 0 Å². The van der Waals surface area contributed by atoms with Crippen molar-refractivity contribution >= 4 is 0 Å². The Bertz CT molecular complexity index is 269. The van der Waals surface area contributed by atoms with Crippen molar-refractivity contribution in [1.82, 2.24) is 10.2 Å². The molecule has 0 aromatic heterocycles. The molecule has 2 saturated heterocycles. The Hall–Kier alpha value is -0.0800. The molecule has 1 N–H and O–H groups in total. The Labute approximate surface area is 113 Å². The summed E-state index contributed by atoms with van der Waals surface area (Å²) >= 11 is 0. The first-order valence-electron chi connectivity index (χ1n) is 8.19. The van der Waals surface area contributed by atoms with Gasteiger partial charge in [0.05, 0.1) is 0 Å². The van der Waals surface area contributed by atoms with Crippen molar-refractivity contribution in [3.05, 3.63) is 0 Å². The number of piperidine rings is 2. The zero-order valence-electron chi connectivity index (χ0n) is 12.3. The van der Waals surface area contributed by atoms with Crippen molar-refractivity contribution in [2.45, 2.75) is 94.8 Å². The van der Waals surface area contributed by atoms with Crippen LogP contribution in [0.4, 0.5) is 0 Å². The molecule has 1 saturated carbocycles. The van der Waals surface area contributed by atoms with Crippen molar-refractivity contribution < 1.29 is 0 Å². The van der Waals surface area contributed by atoms with Gasteiger partial charge in [-0.1, -0.05) is 25.7 Å². The van der Waals surface area contributed by atoms with Crippen LogP contribution in [-0.4, -0.2) is 35.6 Å². The van der Waals surface area contributed by atoms with Gasteiger partial charge in [-0.2, -0.15) is 0 Å². The second kappa shape index (κ2) is 5.13. The molecule has 3 aliphatic rings. The summed E-state index contributed by atoms with van der Waals surface area (Å²) < 4.78 is 0. The van der Waals surface area contributed by atoms with Gasteiger partial charge in [0.2, 0.25) is 0 Å². The smallest absolute Gasteiger partial charge is 0.0187 e. The number of fused-ring (bicyclic) bond motifs is 2. The van der Waals surface area contributed by atoms with Crippen molar-refractivity contribution in [2.75, 3.05) is 7.05 Å². The summed E-state index contributed by atoms with van der Waals surface area (Å²) in [4.78, 5) is 2.99. The van der Waals surface area contributed by atoms with E-state index in [-0.39, 0.29) is 0 Å². The average molecular weight is 250 g/mol. The van der Waals surface area contributed by atoms with E-state index in [1.165, 1.54) is 64.2 Å². The molecule has 104 valence electrons. The predicted molar refractivity (Wildman–Crippen MR) is 76.8 cm³/mol. The lowest BCUT2D eigenvalue weighted by Gasteiger charge is -2.58. The largest absolute Gasteiger partial charge is 0.317 e. The van der Waals surface area contributed by atoms with E-state index in [9.17, 15) is 0 Å². The van der Waals surface area contributed by atoms with E-state index in [1.807, 2.05) is 0 Å². The fourth-order valence-corrected chi connectivity index (χ4v) is 5.07. The van der Waals surface area contributed by atoms with Crippen LogP contribution in [0.2, 0.25) is 0 Å². The van der Waals surface area contributed by atoms with Crippen molar-refractivity contribution in [1.29, 1.82) is 0 Å². The number of nitrogens with one attached hydrogen (secondary N) is 1. The molecule has 0 radical (unpaired) electrons. The summed E-state index contributed by atoms with van der Waals surface area (Å²) in [6.07, 6.45) is 14.4. The Morgan fingerprint density at radius 1 is 0.944 bits per heavy atom. The molecule has 0 spiro atoms. The first-order valence-corrected chi connectivity index (χ1v) is 8.19. The second-order valence-corrected chi connectivity index (χ2v) is 7.16. The molecule has 2 unspecified atom stereocenters. The molecule has 2 heteroatoms. The van der Waals surface area contributed by atoms with Crippen LogP contribution in [0.3, 0.4) is 0 Å². The molecule has 2 atom stereocenters. The van der Waals surface area contributed by atoms with E-state index in [1.54, 1.807) is 0 Å². The van der Waals surface area contributed by atoms with Crippen LogP contribution in [0.25, 0.3) is 0 Å². The van der Waals surface area contributed by atoms with E-state index >= 15 is 0 Å². The molecule has 2 aliphatic heterocycles. The highest BCUT2D eigenvalue weighted by Gasteiger charge is 2.46. The molecular formula is C16H30N2. The van der Waals surface area contributed by atoms with Crippen LogP contribution in [0.1, 0.15) is 71.1 Å². The molecule has 3 rings (SSSR count). The van der Waals surface area contributed by atoms with Gasteiger partial charge in [-0.3, -0.25) is 4.90 Å². The topological polar surface area (TPSA) is 15.3 Å². The van der Waals surface area contributed by atoms with Gasteiger partial charge in [-0.05, 0) is 52.5 Å². The predicted octanol–water partition coefficient (Wildman–Crippen LogP) is 3.31. The molecule has 3 fully saturated rings. The molecule has 2 heterocycles. The van der Waals surface area contributed by atoms with Crippen LogP contribution >= 0.6 is 0 Å². The highest BCUT2D eigenvalue weighted by atomic mass is 15.3. The molecule has 2 nitrogen and oxygen atoms in total. The third-order valence-electron chi connectivity index (χ3n) is 5.94. The minimum Gasteiger partial charge on any atom is -0.317 e. The standard InChI is InChI=1S/C16H30N2/c1-16(9-4-3-5-10-16)18-14-7-6-8-15(18)12-13(11-14)17-2/h13-15,17H,3-12H2,1-2H3. The quantitative estimate of drug-likeness (QED) is 0.809. The first-order chi connectivity index (χ1) is 8.73. The summed E-state index contributed by atoms with van der Waals surface area (Å²) in [6.45, 7) is 2.57. The molecular weight excluding hydrogens is 220 g/mol. The van der Waals surface area contributed by atoms with Crippen LogP contribution in [0.5, 0.6) is 0 Å². The molecule has 0 aromatic rings. The maximum absolute atomic E-state index is 3.54. The summed E-state index contributed by atoms with van der Waals surface area (Å²) in [5.74, 6) is 0. The average Bonchev–Trinajstić information content (AvgIpc) is 2.38. The van der Waals surface area contributed by atoms with Crippen molar-refractivity contribution in [3.63, 3.8) is 0 Å². The Kier molecular flexibility index (Phi) is 3.68. The molecule has 0 amide bonds. The molecule has 2 bridgehead atoms. The van der Waals surface area contributed by atoms with Gasteiger partial charge >= 0.3 is 0 Å². The normalized spacial score (nSPS) is 40.7. The van der Waals surface area contributed by atoms with Gasteiger partial charge in [-0.25, -0.2) is 0 Å². The lowest BCUT2D eigenvalue weighted by molar-refractivity contribution is -0.0698. The van der Waals surface area contributed by atoms with Crippen LogP contribution in [0.15, 0.2) is 0 Å². The van der Waals surface area contributed by atoms with Gasteiger partial charge in [0, 0.05) is 23.7 Å². The second-order valence-electron chi connectivity index (χ2n) is 7.16. The summed E-state index contributed by atoms with van der Waals surface area (Å²) in [6, 6.07) is 2.53. The van der Waals surface area contributed by atoms with Gasteiger partial charge in [-0.15, -0.1) is 0 Å². The third kappa shape index (κ3) is 2.22. The molecule has 1 aliphatic carbocycles. The third-order valence-corrected chi connectivity index (χ3v) is 5.94. The number of nitrogens with zero attached hydrogens (tertiary/aromatic N) is 1. The lowest BCUT2D eigenvalue weighted by Crippen LogP contribution is -2.64. The van der Waals surface area contributed by atoms with Gasteiger partial charge in [0.1, 0.15) is 0 Å². The van der Waals surface area contributed by atoms with Crippen molar-refractivity contribution in [3.8, 4) is 0 Å². The number of hydrogen-bond acceptors (Lipinski definition) is 2. The maximum Gasteiger partial charge on any atom is 0.0187 e. The van der Waals surface area contributed by atoms with Gasteiger partial charge in [0.25, 0.3) is 0 Å². The summed E-state index contributed by atoms with van der Waals surface area (Å²) in [5.41, 5.74) is 0.534. The fraction of sp³-hybridized carbons (Fsp3) is 1.00. The zero-order chi connectivity index (χ0) is 12.6.